The number of carbonyl (C=O) groups is 1. The zero-order chi connectivity index (χ0) is 18.4. The van der Waals surface area contributed by atoms with Gasteiger partial charge in [-0.3, -0.25) is 4.79 Å². The first-order valence-corrected chi connectivity index (χ1v) is 9.56. The fourth-order valence-electron chi connectivity index (χ4n) is 3.54. The lowest BCUT2D eigenvalue weighted by molar-refractivity contribution is -0.115. The SMILES string of the molecule is CC(C)[C@H](NCC(=O)Nc1ccc(N2CCCC2)cc1)c1ccccc1. The van der Waals surface area contributed by atoms with Crippen molar-refractivity contribution in [2.24, 2.45) is 5.92 Å². The molecule has 0 unspecified atom stereocenters. The molecule has 2 aromatic rings. The van der Waals surface area contributed by atoms with Crippen LogP contribution >= 0.6 is 0 Å². The van der Waals surface area contributed by atoms with E-state index in [-0.39, 0.29) is 11.9 Å². The molecule has 26 heavy (non-hydrogen) atoms. The minimum Gasteiger partial charge on any atom is -0.372 e. The van der Waals surface area contributed by atoms with Gasteiger partial charge in [0.1, 0.15) is 0 Å². The zero-order valence-corrected chi connectivity index (χ0v) is 15.7. The van der Waals surface area contributed by atoms with Crippen LogP contribution in [0.5, 0.6) is 0 Å². The van der Waals surface area contributed by atoms with Crippen molar-refractivity contribution in [3.8, 4) is 0 Å². The predicted molar refractivity (Wildman–Crippen MR) is 109 cm³/mol. The Morgan fingerprint density at radius 2 is 1.65 bits per heavy atom. The van der Waals surface area contributed by atoms with E-state index in [4.69, 9.17) is 0 Å². The summed E-state index contributed by atoms with van der Waals surface area (Å²) in [4.78, 5) is 14.7. The Labute approximate surface area is 156 Å². The van der Waals surface area contributed by atoms with Gasteiger partial charge in [0.25, 0.3) is 0 Å². The normalized spacial score (nSPS) is 15.3. The Balaban J connectivity index is 1.53. The van der Waals surface area contributed by atoms with Gasteiger partial charge in [-0.1, -0.05) is 44.2 Å². The summed E-state index contributed by atoms with van der Waals surface area (Å²) >= 11 is 0. The van der Waals surface area contributed by atoms with Gasteiger partial charge in [0.05, 0.1) is 6.54 Å². The van der Waals surface area contributed by atoms with Crippen molar-refractivity contribution in [2.45, 2.75) is 32.7 Å². The smallest absolute Gasteiger partial charge is 0.238 e. The first-order valence-electron chi connectivity index (χ1n) is 9.56. The predicted octanol–water partition coefficient (Wildman–Crippen LogP) is 4.21. The number of hydrogen-bond acceptors (Lipinski definition) is 3. The molecule has 1 amide bonds. The maximum Gasteiger partial charge on any atom is 0.238 e. The van der Waals surface area contributed by atoms with E-state index in [0.29, 0.717) is 12.5 Å². The molecule has 4 nitrogen and oxygen atoms in total. The first-order chi connectivity index (χ1) is 12.6. The number of anilines is 2. The molecule has 0 aromatic heterocycles. The molecule has 0 saturated carbocycles. The molecule has 0 bridgehead atoms. The second-order valence-corrected chi connectivity index (χ2v) is 7.30. The number of nitrogens with one attached hydrogen (secondary N) is 2. The van der Waals surface area contributed by atoms with Gasteiger partial charge in [0.15, 0.2) is 0 Å². The van der Waals surface area contributed by atoms with E-state index in [9.17, 15) is 4.79 Å². The number of nitrogens with zero attached hydrogens (tertiary/aromatic N) is 1. The molecular weight excluding hydrogens is 322 g/mol. The molecule has 1 saturated heterocycles. The average molecular weight is 351 g/mol. The van der Waals surface area contributed by atoms with Crippen molar-refractivity contribution < 1.29 is 4.79 Å². The van der Waals surface area contributed by atoms with Crippen molar-refractivity contribution >= 4 is 17.3 Å². The summed E-state index contributed by atoms with van der Waals surface area (Å²) < 4.78 is 0. The number of carbonyl (C=O) groups excluding carboxylic acids is 1. The van der Waals surface area contributed by atoms with Gasteiger partial charge in [-0.05, 0) is 48.6 Å². The minimum absolute atomic E-state index is 0.0134. The van der Waals surface area contributed by atoms with Gasteiger partial charge >= 0.3 is 0 Å². The topological polar surface area (TPSA) is 44.4 Å². The van der Waals surface area contributed by atoms with Crippen molar-refractivity contribution in [3.63, 3.8) is 0 Å². The summed E-state index contributed by atoms with van der Waals surface area (Å²) in [6.45, 7) is 6.89. The van der Waals surface area contributed by atoms with Crippen molar-refractivity contribution in [1.29, 1.82) is 0 Å². The average Bonchev–Trinajstić information content (AvgIpc) is 3.18. The van der Waals surface area contributed by atoms with E-state index in [0.717, 1.165) is 18.8 Å². The Hall–Kier alpha value is -2.33. The van der Waals surface area contributed by atoms with E-state index in [1.165, 1.54) is 24.1 Å². The summed E-state index contributed by atoms with van der Waals surface area (Å²) in [7, 11) is 0. The van der Waals surface area contributed by atoms with E-state index < -0.39 is 0 Å². The van der Waals surface area contributed by atoms with Crippen LogP contribution in [0.15, 0.2) is 54.6 Å². The molecule has 0 radical (unpaired) electrons. The van der Waals surface area contributed by atoms with Crippen LogP contribution in [0, 0.1) is 5.92 Å². The van der Waals surface area contributed by atoms with Crippen LogP contribution in [0.2, 0.25) is 0 Å². The van der Waals surface area contributed by atoms with Crippen LogP contribution in [-0.4, -0.2) is 25.5 Å². The molecule has 0 spiro atoms. The van der Waals surface area contributed by atoms with Gasteiger partial charge in [0, 0.05) is 30.5 Å². The van der Waals surface area contributed by atoms with E-state index in [2.05, 4.69) is 53.6 Å². The molecule has 3 rings (SSSR count). The molecule has 1 aliphatic rings. The molecule has 1 heterocycles. The second-order valence-electron chi connectivity index (χ2n) is 7.30. The lowest BCUT2D eigenvalue weighted by Crippen LogP contribution is -2.33. The van der Waals surface area contributed by atoms with Crippen molar-refractivity contribution in [1.82, 2.24) is 5.32 Å². The zero-order valence-electron chi connectivity index (χ0n) is 15.7. The lowest BCUT2D eigenvalue weighted by Gasteiger charge is -2.23. The monoisotopic (exact) mass is 351 g/mol. The number of amides is 1. The maximum absolute atomic E-state index is 12.3. The summed E-state index contributed by atoms with van der Waals surface area (Å²) in [6, 6.07) is 18.6. The largest absolute Gasteiger partial charge is 0.372 e. The van der Waals surface area contributed by atoms with Crippen LogP contribution in [0.25, 0.3) is 0 Å². The number of hydrogen-bond donors (Lipinski definition) is 2. The Morgan fingerprint density at radius 3 is 2.27 bits per heavy atom. The highest BCUT2D eigenvalue weighted by atomic mass is 16.1. The maximum atomic E-state index is 12.3. The van der Waals surface area contributed by atoms with Crippen molar-refractivity contribution in [3.05, 3.63) is 60.2 Å². The molecular formula is C22H29N3O. The van der Waals surface area contributed by atoms with Crippen LogP contribution < -0.4 is 15.5 Å². The minimum atomic E-state index is -0.0134. The molecule has 138 valence electrons. The van der Waals surface area contributed by atoms with Gasteiger partial charge in [0.2, 0.25) is 5.91 Å². The fourth-order valence-corrected chi connectivity index (χ4v) is 3.54. The van der Waals surface area contributed by atoms with Gasteiger partial charge < -0.3 is 15.5 Å². The first kappa shape index (κ1) is 18.5. The highest BCUT2D eigenvalue weighted by Crippen LogP contribution is 2.23. The van der Waals surface area contributed by atoms with E-state index in [1.807, 2.05) is 30.3 Å². The quantitative estimate of drug-likeness (QED) is 0.785. The molecule has 1 fully saturated rings. The fraction of sp³-hybridized carbons (Fsp3) is 0.409. The second kappa shape index (κ2) is 8.86. The molecule has 1 aliphatic heterocycles. The Bertz CT molecular complexity index is 691. The number of benzene rings is 2. The standard InChI is InChI=1S/C22H29N3O/c1-17(2)22(18-8-4-3-5-9-18)23-16-21(26)24-19-10-12-20(13-11-19)25-14-6-7-15-25/h3-5,8-13,17,22-23H,6-7,14-16H2,1-2H3,(H,24,26)/t22-/m0/s1. The molecule has 0 aliphatic carbocycles. The highest BCUT2D eigenvalue weighted by Gasteiger charge is 2.16. The van der Waals surface area contributed by atoms with Gasteiger partial charge in [-0.2, -0.15) is 0 Å². The highest BCUT2D eigenvalue weighted by molar-refractivity contribution is 5.92. The Kier molecular flexibility index (Phi) is 6.29. The number of rotatable bonds is 7. The molecule has 2 aromatic carbocycles. The molecule has 2 N–H and O–H groups in total. The van der Waals surface area contributed by atoms with Gasteiger partial charge in [-0.25, -0.2) is 0 Å². The third-order valence-corrected chi connectivity index (χ3v) is 4.93. The van der Waals surface area contributed by atoms with Crippen LogP contribution in [0.1, 0.15) is 38.3 Å². The summed E-state index contributed by atoms with van der Waals surface area (Å²) in [5.41, 5.74) is 3.30. The summed E-state index contributed by atoms with van der Waals surface area (Å²) in [5, 5.41) is 6.38. The van der Waals surface area contributed by atoms with Crippen LogP contribution in [0.3, 0.4) is 0 Å². The third-order valence-electron chi connectivity index (χ3n) is 4.93. The Morgan fingerprint density at radius 1 is 1.00 bits per heavy atom. The van der Waals surface area contributed by atoms with E-state index >= 15 is 0 Å². The van der Waals surface area contributed by atoms with E-state index in [1.54, 1.807) is 0 Å². The van der Waals surface area contributed by atoms with Gasteiger partial charge in [-0.15, -0.1) is 0 Å². The van der Waals surface area contributed by atoms with Crippen LogP contribution in [0.4, 0.5) is 11.4 Å². The third kappa shape index (κ3) is 4.85. The molecule has 4 heteroatoms. The lowest BCUT2D eigenvalue weighted by atomic mass is 9.96. The summed E-state index contributed by atoms with van der Waals surface area (Å²) in [5.74, 6) is 0.394. The van der Waals surface area contributed by atoms with Crippen molar-refractivity contribution in [2.75, 3.05) is 29.9 Å². The summed E-state index contributed by atoms with van der Waals surface area (Å²) in [6.07, 6.45) is 2.53. The van der Waals surface area contributed by atoms with Crippen LogP contribution in [-0.2, 0) is 4.79 Å². The molecule has 1 atom stereocenters.